The zero-order valence-electron chi connectivity index (χ0n) is 15.9. The first-order valence-electron chi connectivity index (χ1n) is 9.24. The fraction of sp³-hybridized carbons (Fsp3) is 0.238. The molecule has 1 aliphatic heterocycles. The van der Waals surface area contributed by atoms with Crippen molar-refractivity contribution in [3.63, 3.8) is 0 Å². The Kier molecular flexibility index (Phi) is 5.97. The lowest BCUT2D eigenvalue weighted by atomic mass is 10.2. The van der Waals surface area contributed by atoms with Gasteiger partial charge in [0.25, 0.3) is 5.91 Å². The standard InChI is InChI=1S/C21H20ClN3O3S/c1-2-27-16-7-9-17(10-8-16)28-11-20(26)23-21-18-12-29-13-19(18)24-25(21)15-5-3-14(22)4-6-15/h3-10H,2,11-13H2,1H3,(H,23,26). The van der Waals surface area contributed by atoms with Gasteiger partial charge in [0.2, 0.25) is 0 Å². The molecule has 1 N–H and O–H groups in total. The molecule has 29 heavy (non-hydrogen) atoms. The molecule has 6 nitrogen and oxygen atoms in total. The van der Waals surface area contributed by atoms with Crippen molar-refractivity contribution in [3.05, 3.63) is 64.8 Å². The van der Waals surface area contributed by atoms with Crippen molar-refractivity contribution >= 4 is 35.1 Å². The zero-order valence-corrected chi connectivity index (χ0v) is 17.4. The van der Waals surface area contributed by atoms with Gasteiger partial charge in [0.1, 0.15) is 17.3 Å². The van der Waals surface area contributed by atoms with Crippen LogP contribution in [-0.4, -0.2) is 28.9 Å². The van der Waals surface area contributed by atoms with Crippen LogP contribution in [0.15, 0.2) is 48.5 Å². The van der Waals surface area contributed by atoms with Crippen molar-refractivity contribution in [1.29, 1.82) is 0 Å². The molecule has 3 aromatic rings. The number of rotatable bonds is 7. The molecule has 0 aliphatic carbocycles. The Bertz CT molecular complexity index is 1000. The van der Waals surface area contributed by atoms with E-state index in [2.05, 4.69) is 10.4 Å². The van der Waals surface area contributed by atoms with Gasteiger partial charge in [0.05, 0.1) is 18.0 Å². The van der Waals surface area contributed by atoms with E-state index in [4.69, 9.17) is 21.1 Å². The summed E-state index contributed by atoms with van der Waals surface area (Å²) in [5.74, 6) is 3.47. The molecule has 0 saturated heterocycles. The summed E-state index contributed by atoms with van der Waals surface area (Å²) in [6.07, 6.45) is 0. The van der Waals surface area contributed by atoms with Gasteiger partial charge in [-0.2, -0.15) is 16.9 Å². The number of thioether (sulfide) groups is 1. The minimum Gasteiger partial charge on any atom is -0.494 e. The number of fused-ring (bicyclic) bond motifs is 1. The van der Waals surface area contributed by atoms with E-state index in [9.17, 15) is 4.79 Å². The minimum atomic E-state index is -0.242. The van der Waals surface area contributed by atoms with Crippen LogP contribution in [0.2, 0.25) is 5.02 Å². The summed E-state index contributed by atoms with van der Waals surface area (Å²) < 4.78 is 12.8. The molecular weight excluding hydrogens is 410 g/mol. The molecular formula is C21H20ClN3O3S. The average Bonchev–Trinajstić information content (AvgIpc) is 3.31. The average molecular weight is 430 g/mol. The molecule has 2 heterocycles. The molecule has 0 fully saturated rings. The van der Waals surface area contributed by atoms with Gasteiger partial charge in [-0.1, -0.05) is 11.6 Å². The number of hydrogen-bond donors (Lipinski definition) is 1. The van der Waals surface area contributed by atoms with E-state index in [1.165, 1.54) is 0 Å². The molecule has 0 unspecified atom stereocenters. The SMILES string of the molecule is CCOc1ccc(OCC(=O)Nc2c3c(nn2-c2ccc(Cl)cc2)CSC3)cc1. The highest BCUT2D eigenvalue weighted by Gasteiger charge is 2.24. The Morgan fingerprint density at radius 1 is 1.10 bits per heavy atom. The molecule has 0 bridgehead atoms. The summed E-state index contributed by atoms with van der Waals surface area (Å²) in [5.41, 5.74) is 2.89. The number of hydrogen-bond acceptors (Lipinski definition) is 5. The number of nitrogens with zero attached hydrogens (tertiary/aromatic N) is 2. The van der Waals surface area contributed by atoms with E-state index in [1.807, 2.05) is 31.2 Å². The fourth-order valence-corrected chi connectivity index (χ4v) is 4.19. The minimum absolute atomic E-state index is 0.0955. The highest BCUT2D eigenvalue weighted by Crippen LogP contribution is 2.36. The summed E-state index contributed by atoms with van der Waals surface area (Å²) >= 11 is 7.78. The highest BCUT2D eigenvalue weighted by molar-refractivity contribution is 7.98. The lowest BCUT2D eigenvalue weighted by Crippen LogP contribution is -2.22. The molecule has 0 spiro atoms. The Morgan fingerprint density at radius 2 is 1.79 bits per heavy atom. The second-order valence-electron chi connectivity index (χ2n) is 6.40. The molecule has 8 heteroatoms. The van der Waals surface area contributed by atoms with Crippen LogP contribution < -0.4 is 14.8 Å². The Morgan fingerprint density at radius 3 is 2.48 bits per heavy atom. The molecule has 0 atom stereocenters. The predicted molar refractivity (Wildman–Crippen MR) is 115 cm³/mol. The van der Waals surface area contributed by atoms with Crippen molar-refractivity contribution in [2.24, 2.45) is 0 Å². The van der Waals surface area contributed by atoms with E-state index >= 15 is 0 Å². The maximum Gasteiger partial charge on any atom is 0.263 e. The highest BCUT2D eigenvalue weighted by atomic mass is 35.5. The predicted octanol–water partition coefficient (Wildman–Crippen LogP) is 4.69. The van der Waals surface area contributed by atoms with Crippen LogP contribution in [-0.2, 0) is 16.3 Å². The van der Waals surface area contributed by atoms with Crippen LogP contribution >= 0.6 is 23.4 Å². The van der Waals surface area contributed by atoms with E-state index in [0.717, 1.165) is 34.2 Å². The molecule has 1 amide bonds. The second kappa shape index (κ2) is 8.80. The molecule has 0 radical (unpaired) electrons. The number of nitrogens with one attached hydrogen (secondary N) is 1. The Hall–Kier alpha value is -2.64. The van der Waals surface area contributed by atoms with Gasteiger partial charge >= 0.3 is 0 Å². The number of ether oxygens (including phenoxy) is 2. The summed E-state index contributed by atoms with van der Waals surface area (Å²) in [6.45, 7) is 2.44. The van der Waals surface area contributed by atoms with Gasteiger partial charge in [-0.05, 0) is 55.5 Å². The number of amides is 1. The number of anilines is 1. The first-order chi connectivity index (χ1) is 14.1. The third-order valence-electron chi connectivity index (χ3n) is 4.39. The summed E-state index contributed by atoms with van der Waals surface area (Å²) in [6, 6.07) is 14.6. The van der Waals surface area contributed by atoms with Gasteiger partial charge in [0, 0.05) is 22.1 Å². The number of halogens is 1. The van der Waals surface area contributed by atoms with Crippen LogP contribution in [0.1, 0.15) is 18.2 Å². The number of aromatic nitrogens is 2. The van der Waals surface area contributed by atoms with Crippen molar-refractivity contribution in [2.75, 3.05) is 18.5 Å². The van der Waals surface area contributed by atoms with Gasteiger partial charge < -0.3 is 14.8 Å². The van der Waals surface area contributed by atoms with Crippen molar-refractivity contribution < 1.29 is 14.3 Å². The molecule has 2 aromatic carbocycles. The molecule has 1 aromatic heterocycles. The Labute approximate surface area is 178 Å². The second-order valence-corrected chi connectivity index (χ2v) is 7.82. The van der Waals surface area contributed by atoms with Crippen LogP contribution in [0, 0.1) is 0 Å². The summed E-state index contributed by atoms with van der Waals surface area (Å²) in [4.78, 5) is 12.6. The molecule has 1 aliphatic rings. The molecule has 150 valence electrons. The van der Waals surface area contributed by atoms with Crippen molar-refractivity contribution in [1.82, 2.24) is 9.78 Å². The third kappa shape index (κ3) is 4.52. The van der Waals surface area contributed by atoms with E-state index in [1.54, 1.807) is 40.7 Å². The third-order valence-corrected chi connectivity index (χ3v) is 5.61. The molecule has 4 rings (SSSR count). The van der Waals surface area contributed by atoms with E-state index in [0.29, 0.717) is 23.2 Å². The van der Waals surface area contributed by atoms with E-state index < -0.39 is 0 Å². The van der Waals surface area contributed by atoms with Gasteiger partial charge in [-0.25, -0.2) is 4.68 Å². The van der Waals surface area contributed by atoms with Crippen LogP contribution in [0.3, 0.4) is 0 Å². The van der Waals surface area contributed by atoms with Crippen LogP contribution in [0.25, 0.3) is 5.69 Å². The van der Waals surface area contributed by atoms with Crippen molar-refractivity contribution in [3.8, 4) is 17.2 Å². The van der Waals surface area contributed by atoms with E-state index in [-0.39, 0.29) is 12.5 Å². The number of carbonyl (C=O) groups excluding carboxylic acids is 1. The van der Waals surface area contributed by atoms with Gasteiger partial charge in [-0.15, -0.1) is 0 Å². The largest absolute Gasteiger partial charge is 0.494 e. The smallest absolute Gasteiger partial charge is 0.263 e. The molecule has 0 saturated carbocycles. The fourth-order valence-electron chi connectivity index (χ4n) is 3.03. The summed E-state index contributed by atoms with van der Waals surface area (Å²) in [5, 5.41) is 8.30. The summed E-state index contributed by atoms with van der Waals surface area (Å²) in [7, 11) is 0. The quantitative estimate of drug-likeness (QED) is 0.590. The normalized spacial score (nSPS) is 12.5. The zero-order chi connectivity index (χ0) is 20.2. The topological polar surface area (TPSA) is 65.4 Å². The maximum atomic E-state index is 12.6. The van der Waals surface area contributed by atoms with Crippen LogP contribution in [0.5, 0.6) is 11.5 Å². The maximum absolute atomic E-state index is 12.6. The van der Waals surface area contributed by atoms with Gasteiger partial charge in [0.15, 0.2) is 6.61 Å². The lowest BCUT2D eigenvalue weighted by molar-refractivity contribution is -0.118. The first-order valence-corrected chi connectivity index (χ1v) is 10.8. The number of carbonyl (C=O) groups is 1. The Balaban J connectivity index is 1.47. The monoisotopic (exact) mass is 429 g/mol. The van der Waals surface area contributed by atoms with Crippen LogP contribution in [0.4, 0.5) is 5.82 Å². The van der Waals surface area contributed by atoms with Crippen molar-refractivity contribution in [2.45, 2.75) is 18.4 Å². The first kappa shape index (κ1) is 19.7. The number of benzene rings is 2. The lowest BCUT2D eigenvalue weighted by Gasteiger charge is -2.12. The van der Waals surface area contributed by atoms with Gasteiger partial charge in [-0.3, -0.25) is 4.79 Å².